The summed E-state index contributed by atoms with van der Waals surface area (Å²) in [6, 6.07) is 16.4. The highest BCUT2D eigenvalue weighted by molar-refractivity contribution is 6.18. The number of hydrogen-bond donors (Lipinski definition) is 1. The van der Waals surface area contributed by atoms with Crippen molar-refractivity contribution in [3.63, 3.8) is 0 Å². The largest absolute Gasteiger partial charge is 0.493 e. The molecular formula is C26H36ClNO4. The average molecular weight is 462 g/mol. The maximum absolute atomic E-state index is 10.3. The van der Waals surface area contributed by atoms with Crippen LogP contribution in [-0.4, -0.2) is 68.1 Å². The fourth-order valence-electron chi connectivity index (χ4n) is 3.71. The molecule has 0 unspecified atom stereocenters. The van der Waals surface area contributed by atoms with Gasteiger partial charge in [0.25, 0.3) is 0 Å². The number of morpholine rings is 1. The van der Waals surface area contributed by atoms with Crippen LogP contribution in [0.3, 0.4) is 0 Å². The summed E-state index contributed by atoms with van der Waals surface area (Å²) < 4.78 is 17.0. The second-order valence-corrected chi connectivity index (χ2v) is 9.43. The van der Waals surface area contributed by atoms with E-state index in [1.165, 1.54) is 11.1 Å². The molecule has 1 aliphatic rings. The van der Waals surface area contributed by atoms with Crippen molar-refractivity contribution in [3.05, 3.63) is 59.7 Å². The summed E-state index contributed by atoms with van der Waals surface area (Å²) in [6.07, 6.45) is -0.516. The molecule has 32 heavy (non-hydrogen) atoms. The number of rotatable bonds is 11. The minimum absolute atomic E-state index is 0.156. The van der Waals surface area contributed by atoms with E-state index in [2.05, 4.69) is 49.9 Å². The van der Waals surface area contributed by atoms with Crippen LogP contribution in [0.5, 0.6) is 11.5 Å². The number of benzene rings is 2. The lowest BCUT2D eigenvalue weighted by Gasteiger charge is -2.28. The smallest absolute Gasteiger partial charge is 0.119 e. The molecule has 176 valence electrons. The molecule has 2 aromatic carbocycles. The van der Waals surface area contributed by atoms with Crippen molar-refractivity contribution in [2.24, 2.45) is 5.92 Å². The highest BCUT2D eigenvalue weighted by Gasteiger charge is 2.23. The van der Waals surface area contributed by atoms with Crippen molar-refractivity contribution in [1.29, 1.82) is 0 Å². The third kappa shape index (κ3) is 7.11. The van der Waals surface area contributed by atoms with Crippen LogP contribution < -0.4 is 9.47 Å². The van der Waals surface area contributed by atoms with Crippen molar-refractivity contribution in [3.8, 4) is 11.5 Å². The van der Waals surface area contributed by atoms with Crippen molar-refractivity contribution < 1.29 is 19.3 Å². The van der Waals surface area contributed by atoms with Crippen LogP contribution in [0, 0.1) is 5.92 Å². The lowest BCUT2D eigenvalue weighted by Crippen LogP contribution is -2.42. The van der Waals surface area contributed by atoms with Gasteiger partial charge in [-0.25, -0.2) is 0 Å². The Bertz CT molecular complexity index is 804. The summed E-state index contributed by atoms with van der Waals surface area (Å²) in [6.45, 7) is 11.2. The van der Waals surface area contributed by atoms with Crippen LogP contribution in [0.4, 0.5) is 0 Å². The molecule has 3 rings (SSSR count). The number of aliphatic hydroxyl groups excluding tert-OH is 1. The Balaban J connectivity index is 1.53. The van der Waals surface area contributed by atoms with Gasteiger partial charge in [-0.1, -0.05) is 45.0 Å². The van der Waals surface area contributed by atoms with Gasteiger partial charge in [-0.15, -0.1) is 11.6 Å². The van der Waals surface area contributed by atoms with E-state index >= 15 is 0 Å². The first-order chi connectivity index (χ1) is 15.4. The molecule has 0 aliphatic carbocycles. The van der Waals surface area contributed by atoms with Gasteiger partial charge in [-0.2, -0.15) is 0 Å². The first kappa shape index (κ1) is 24.8. The molecule has 0 bridgehead atoms. The third-order valence-electron chi connectivity index (χ3n) is 5.96. The first-order valence-electron chi connectivity index (χ1n) is 11.4. The Morgan fingerprint density at radius 2 is 1.44 bits per heavy atom. The molecule has 0 saturated carbocycles. The first-order valence-corrected chi connectivity index (χ1v) is 11.9. The van der Waals surface area contributed by atoms with Gasteiger partial charge in [0.05, 0.1) is 19.8 Å². The van der Waals surface area contributed by atoms with Gasteiger partial charge in [0.15, 0.2) is 0 Å². The molecule has 0 aromatic heterocycles. The Morgan fingerprint density at radius 1 is 0.938 bits per heavy atom. The van der Waals surface area contributed by atoms with Crippen LogP contribution in [-0.2, 0) is 10.2 Å². The molecule has 0 amide bonds. The van der Waals surface area contributed by atoms with E-state index < -0.39 is 6.10 Å². The molecule has 1 heterocycles. The lowest BCUT2D eigenvalue weighted by atomic mass is 9.78. The molecule has 0 spiro atoms. The molecule has 1 N–H and O–H groups in total. The van der Waals surface area contributed by atoms with Crippen molar-refractivity contribution in [1.82, 2.24) is 4.90 Å². The minimum atomic E-state index is -0.516. The predicted octanol–water partition coefficient (Wildman–Crippen LogP) is 4.34. The molecule has 1 fully saturated rings. The monoisotopic (exact) mass is 461 g/mol. The zero-order chi connectivity index (χ0) is 23.0. The minimum Gasteiger partial charge on any atom is -0.493 e. The van der Waals surface area contributed by atoms with Gasteiger partial charge in [0.2, 0.25) is 0 Å². The van der Waals surface area contributed by atoms with Crippen LogP contribution in [0.15, 0.2) is 48.5 Å². The van der Waals surface area contributed by atoms with Gasteiger partial charge < -0.3 is 19.3 Å². The highest BCUT2D eigenvalue weighted by Crippen LogP contribution is 2.33. The zero-order valence-corrected chi connectivity index (χ0v) is 20.2. The maximum Gasteiger partial charge on any atom is 0.119 e. The van der Waals surface area contributed by atoms with E-state index in [9.17, 15) is 5.11 Å². The second kappa shape index (κ2) is 11.9. The topological polar surface area (TPSA) is 51.2 Å². The highest BCUT2D eigenvalue weighted by atomic mass is 35.5. The summed E-state index contributed by atoms with van der Waals surface area (Å²) in [7, 11) is 0. The molecule has 0 radical (unpaired) electrons. The molecule has 6 heteroatoms. The molecule has 1 saturated heterocycles. The maximum atomic E-state index is 10.3. The van der Waals surface area contributed by atoms with Gasteiger partial charge in [0.1, 0.15) is 24.2 Å². The third-order valence-corrected chi connectivity index (χ3v) is 6.49. The van der Waals surface area contributed by atoms with E-state index in [1.807, 2.05) is 24.3 Å². The molecule has 5 nitrogen and oxygen atoms in total. The van der Waals surface area contributed by atoms with Gasteiger partial charge >= 0.3 is 0 Å². The van der Waals surface area contributed by atoms with Crippen LogP contribution >= 0.6 is 11.6 Å². The van der Waals surface area contributed by atoms with Gasteiger partial charge in [0, 0.05) is 36.8 Å². The van der Waals surface area contributed by atoms with Gasteiger partial charge in [-0.05, 0) is 35.4 Å². The summed E-state index contributed by atoms with van der Waals surface area (Å²) in [4.78, 5) is 2.21. The Hall–Kier alpha value is -1.79. The second-order valence-electron chi connectivity index (χ2n) is 9.12. The molecule has 1 aliphatic heterocycles. The fraction of sp³-hybridized carbons (Fsp3) is 0.538. The normalized spacial score (nSPS) is 17.0. The molecule has 2 aromatic rings. The van der Waals surface area contributed by atoms with Crippen molar-refractivity contribution in [2.75, 3.05) is 51.9 Å². The number of hydrogen-bond acceptors (Lipinski definition) is 5. The number of halogens is 1. The van der Waals surface area contributed by atoms with E-state index in [1.54, 1.807) is 0 Å². The standard InChI is InChI=1S/C26H36ClNO4/c1-20(16-27)18-31-24-8-4-21(5-9-24)26(2,3)22-6-10-25(11-7-22)32-19-23(29)17-28-12-14-30-15-13-28/h4-11,20,23,29H,12-19H2,1-3H3/t20-,23-/m0/s1. The number of β-amino-alcohol motifs (C(OH)–C–C–N with tert-alkyl or cyclic N) is 1. The Labute approximate surface area is 197 Å². The van der Waals surface area contributed by atoms with Gasteiger partial charge in [-0.3, -0.25) is 4.90 Å². The molecular weight excluding hydrogens is 426 g/mol. The van der Waals surface area contributed by atoms with Crippen LogP contribution in [0.1, 0.15) is 31.9 Å². The zero-order valence-electron chi connectivity index (χ0n) is 19.4. The summed E-state index contributed by atoms with van der Waals surface area (Å²) in [5, 5.41) is 10.3. The fourth-order valence-corrected chi connectivity index (χ4v) is 3.80. The summed E-state index contributed by atoms with van der Waals surface area (Å²) in [5.74, 6) is 2.55. The predicted molar refractivity (Wildman–Crippen MR) is 129 cm³/mol. The van der Waals surface area contributed by atoms with Crippen LogP contribution in [0.2, 0.25) is 0 Å². The number of ether oxygens (including phenoxy) is 3. The van der Waals surface area contributed by atoms with Crippen LogP contribution in [0.25, 0.3) is 0 Å². The lowest BCUT2D eigenvalue weighted by molar-refractivity contribution is 0.00465. The Kier molecular flexibility index (Phi) is 9.23. The van der Waals surface area contributed by atoms with E-state index in [0.29, 0.717) is 24.9 Å². The van der Waals surface area contributed by atoms with E-state index in [0.717, 1.165) is 37.8 Å². The Morgan fingerprint density at radius 3 is 1.94 bits per heavy atom. The number of alkyl halides is 1. The quantitative estimate of drug-likeness (QED) is 0.504. The van der Waals surface area contributed by atoms with E-state index in [4.69, 9.17) is 25.8 Å². The summed E-state index contributed by atoms with van der Waals surface area (Å²) in [5.41, 5.74) is 2.25. The van der Waals surface area contributed by atoms with Crippen molar-refractivity contribution in [2.45, 2.75) is 32.3 Å². The number of nitrogens with zero attached hydrogens (tertiary/aromatic N) is 1. The van der Waals surface area contributed by atoms with Crippen molar-refractivity contribution >= 4 is 11.6 Å². The summed E-state index contributed by atoms with van der Waals surface area (Å²) >= 11 is 5.85. The van der Waals surface area contributed by atoms with E-state index in [-0.39, 0.29) is 12.0 Å². The SMILES string of the molecule is C[C@@H](CCl)COc1ccc(C(C)(C)c2ccc(OC[C@@H](O)CN3CCOCC3)cc2)cc1. The average Bonchev–Trinajstić information content (AvgIpc) is 2.82. The molecule has 2 atom stereocenters. The number of aliphatic hydroxyl groups is 1.